The maximum absolute atomic E-state index is 14.1. The SMILES string of the molecule is COc1ccc(NC(=O)[C@@H]2CCCN2Cc2ccc(F)c3cccnc23)cc1. The van der Waals surface area contributed by atoms with Gasteiger partial charge < -0.3 is 10.1 Å². The summed E-state index contributed by atoms with van der Waals surface area (Å²) in [5, 5.41) is 3.50. The van der Waals surface area contributed by atoms with Crippen LogP contribution in [-0.2, 0) is 11.3 Å². The molecule has 1 N–H and O–H groups in total. The first-order valence-electron chi connectivity index (χ1n) is 9.37. The molecule has 28 heavy (non-hydrogen) atoms. The van der Waals surface area contributed by atoms with Crippen molar-refractivity contribution in [3.8, 4) is 5.75 Å². The number of nitrogens with zero attached hydrogens (tertiary/aromatic N) is 2. The molecule has 1 fully saturated rings. The van der Waals surface area contributed by atoms with Crippen molar-refractivity contribution in [3.63, 3.8) is 0 Å². The molecule has 1 aliphatic heterocycles. The number of hydrogen-bond acceptors (Lipinski definition) is 4. The van der Waals surface area contributed by atoms with Gasteiger partial charge in [0, 0.05) is 23.8 Å². The Labute approximate surface area is 163 Å². The van der Waals surface area contributed by atoms with E-state index in [0.717, 1.165) is 36.4 Å². The standard InChI is InChI=1S/C22H22FN3O2/c1-28-17-9-7-16(8-10-17)25-22(27)20-5-3-13-26(20)14-15-6-11-19(23)18-4-2-12-24-21(15)18/h2,4,6-12,20H,3,5,13-14H2,1H3,(H,25,27)/t20-/m0/s1. The number of carbonyl (C=O) groups is 1. The molecule has 2 heterocycles. The lowest BCUT2D eigenvalue weighted by Crippen LogP contribution is -2.39. The molecule has 1 amide bonds. The molecule has 1 saturated heterocycles. The first kappa shape index (κ1) is 18.4. The first-order chi connectivity index (χ1) is 13.7. The summed E-state index contributed by atoms with van der Waals surface area (Å²) in [5.74, 6) is 0.445. The number of carbonyl (C=O) groups excluding carboxylic acids is 1. The molecular formula is C22H22FN3O2. The van der Waals surface area contributed by atoms with Gasteiger partial charge in [-0.2, -0.15) is 0 Å². The Balaban J connectivity index is 1.50. The Bertz CT molecular complexity index is 991. The normalized spacial score (nSPS) is 17.0. The van der Waals surface area contributed by atoms with E-state index in [2.05, 4.69) is 15.2 Å². The van der Waals surface area contributed by atoms with E-state index < -0.39 is 0 Å². The van der Waals surface area contributed by atoms with Crippen LogP contribution in [0.1, 0.15) is 18.4 Å². The number of methoxy groups -OCH3 is 1. The molecule has 0 radical (unpaired) electrons. The summed E-state index contributed by atoms with van der Waals surface area (Å²) in [6.45, 7) is 1.39. The van der Waals surface area contributed by atoms with Crippen molar-refractivity contribution in [2.75, 3.05) is 19.0 Å². The Hall–Kier alpha value is -2.99. The zero-order chi connectivity index (χ0) is 19.5. The van der Waals surface area contributed by atoms with Crippen LogP contribution in [0, 0.1) is 5.82 Å². The Kier molecular flexibility index (Phi) is 5.21. The van der Waals surface area contributed by atoms with Crippen LogP contribution in [0.15, 0.2) is 54.7 Å². The highest BCUT2D eigenvalue weighted by atomic mass is 19.1. The summed E-state index contributed by atoms with van der Waals surface area (Å²) < 4.78 is 19.2. The third kappa shape index (κ3) is 3.68. The zero-order valence-electron chi connectivity index (χ0n) is 15.7. The molecule has 5 nitrogen and oxygen atoms in total. The summed E-state index contributed by atoms with van der Waals surface area (Å²) in [6.07, 6.45) is 3.42. The molecular weight excluding hydrogens is 357 g/mol. The molecule has 0 saturated carbocycles. The summed E-state index contributed by atoms with van der Waals surface area (Å²) in [7, 11) is 1.61. The molecule has 0 bridgehead atoms. The molecule has 1 atom stereocenters. The topological polar surface area (TPSA) is 54.5 Å². The van der Waals surface area contributed by atoms with Crippen molar-refractivity contribution in [1.29, 1.82) is 0 Å². The van der Waals surface area contributed by atoms with Crippen LogP contribution in [0.4, 0.5) is 10.1 Å². The van der Waals surface area contributed by atoms with Gasteiger partial charge in [-0.3, -0.25) is 14.7 Å². The van der Waals surface area contributed by atoms with Crippen LogP contribution in [-0.4, -0.2) is 35.5 Å². The second kappa shape index (κ2) is 7.94. The lowest BCUT2D eigenvalue weighted by atomic mass is 10.1. The number of fused-ring (bicyclic) bond motifs is 1. The number of ether oxygens (including phenoxy) is 1. The van der Waals surface area contributed by atoms with Gasteiger partial charge in [-0.15, -0.1) is 0 Å². The monoisotopic (exact) mass is 379 g/mol. The fourth-order valence-electron chi connectivity index (χ4n) is 3.75. The van der Waals surface area contributed by atoms with E-state index in [4.69, 9.17) is 4.74 Å². The molecule has 0 aliphatic carbocycles. The van der Waals surface area contributed by atoms with Crippen LogP contribution in [0.5, 0.6) is 5.75 Å². The van der Waals surface area contributed by atoms with Crippen molar-refractivity contribution in [2.24, 2.45) is 0 Å². The van der Waals surface area contributed by atoms with Crippen molar-refractivity contribution in [1.82, 2.24) is 9.88 Å². The van der Waals surface area contributed by atoms with Gasteiger partial charge >= 0.3 is 0 Å². The number of benzene rings is 2. The summed E-state index contributed by atoms with van der Waals surface area (Å²) >= 11 is 0. The number of anilines is 1. The van der Waals surface area contributed by atoms with Gasteiger partial charge in [-0.25, -0.2) is 4.39 Å². The Morgan fingerprint density at radius 1 is 1.25 bits per heavy atom. The predicted molar refractivity (Wildman–Crippen MR) is 107 cm³/mol. The van der Waals surface area contributed by atoms with Crippen molar-refractivity contribution >= 4 is 22.5 Å². The second-order valence-electron chi connectivity index (χ2n) is 6.95. The summed E-state index contributed by atoms with van der Waals surface area (Å²) in [5.41, 5.74) is 2.33. The van der Waals surface area contributed by atoms with E-state index in [9.17, 15) is 9.18 Å². The number of hydrogen-bond donors (Lipinski definition) is 1. The van der Waals surface area contributed by atoms with Gasteiger partial charge in [0.05, 0.1) is 18.7 Å². The number of nitrogens with one attached hydrogen (secondary N) is 1. The highest BCUT2D eigenvalue weighted by molar-refractivity contribution is 5.95. The fourth-order valence-corrected chi connectivity index (χ4v) is 3.75. The van der Waals surface area contributed by atoms with Crippen LogP contribution in [0.2, 0.25) is 0 Å². The van der Waals surface area contributed by atoms with Gasteiger partial charge in [0.1, 0.15) is 11.6 Å². The number of rotatable bonds is 5. The van der Waals surface area contributed by atoms with E-state index >= 15 is 0 Å². The Morgan fingerprint density at radius 3 is 2.86 bits per heavy atom. The largest absolute Gasteiger partial charge is 0.497 e. The van der Waals surface area contributed by atoms with Crippen molar-refractivity contribution in [3.05, 3.63) is 66.1 Å². The molecule has 0 spiro atoms. The smallest absolute Gasteiger partial charge is 0.241 e. The minimum atomic E-state index is -0.276. The molecule has 4 rings (SSSR count). The van der Waals surface area contributed by atoms with Crippen LogP contribution < -0.4 is 10.1 Å². The quantitative estimate of drug-likeness (QED) is 0.728. The predicted octanol–water partition coefficient (Wildman–Crippen LogP) is 3.99. The first-order valence-corrected chi connectivity index (χ1v) is 9.37. The van der Waals surface area contributed by atoms with Gasteiger partial charge in [0.2, 0.25) is 5.91 Å². The van der Waals surface area contributed by atoms with Crippen molar-refractivity contribution < 1.29 is 13.9 Å². The maximum Gasteiger partial charge on any atom is 0.241 e. The number of halogens is 1. The number of amides is 1. The number of likely N-dealkylation sites (tertiary alicyclic amines) is 1. The molecule has 2 aromatic carbocycles. The number of aromatic nitrogens is 1. The van der Waals surface area contributed by atoms with Crippen LogP contribution >= 0.6 is 0 Å². The van der Waals surface area contributed by atoms with E-state index in [1.54, 1.807) is 31.5 Å². The second-order valence-corrected chi connectivity index (χ2v) is 6.95. The third-order valence-corrected chi connectivity index (χ3v) is 5.20. The average molecular weight is 379 g/mol. The lowest BCUT2D eigenvalue weighted by molar-refractivity contribution is -0.120. The molecule has 6 heteroatoms. The highest BCUT2D eigenvalue weighted by Gasteiger charge is 2.31. The molecule has 1 aromatic heterocycles. The highest BCUT2D eigenvalue weighted by Crippen LogP contribution is 2.26. The van der Waals surface area contributed by atoms with Gasteiger partial charge in [0.25, 0.3) is 0 Å². The number of pyridine rings is 1. The third-order valence-electron chi connectivity index (χ3n) is 5.20. The summed E-state index contributed by atoms with van der Waals surface area (Å²) in [4.78, 5) is 19.3. The molecule has 144 valence electrons. The Morgan fingerprint density at radius 2 is 2.07 bits per heavy atom. The van der Waals surface area contributed by atoms with Gasteiger partial charge in [0.15, 0.2) is 0 Å². The van der Waals surface area contributed by atoms with E-state index in [-0.39, 0.29) is 17.8 Å². The van der Waals surface area contributed by atoms with E-state index in [1.807, 2.05) is 24.3 Å². The van der Waals surface area contributed by atoms with Gasteiger partial charge in [-0.1, -0.05) is 6.07 Å². The lowest BCUT2D eigenvalue weighted by Gasteiger charge is -2.24. The van der Waals surface area contributed by atoms with E-state index in [1.165, 1.54) is 6.07 Å². The zero-order valence-corrected chi connectivity index (χ0v) is 15.7. The minimum Gasteiger partial charge on any atom is -0.497 e. The van der Waals surface area contributed by atoms with Crippen LogP contribution in [0.25, 0.3) is 10.9 Å². The molecule has 1 aliphatic rings. The van der Waals surface area contributed by atoms with Gasteiger partial charge in [-0.05, 0) is 67.4 Å². The van der Waals surface area contributed by atoms with Crippen molar-refractivity contribution in [2.45, 2.75) is 25.4 Å². The summed E-state index contributed by atoms with van der Waals surface area (Å²) in [6, 6.07) is 13.8. The average Bonchev–Trinajstić information content (AvgIpc) is 3.19. The van der Waals surface area contributed by atoms with E-state index in [0.29, 0.717) is 17.4 Å². The fraction of sp³-hybridized carbons (Fsp3) is 0.273. The molecule has 0 unspecified atom stereocenters. The molecule has 3 aromatic rings. The minimum absolute atomic E-state index is 0.0259. The van der Waals surface area contributed by atoms with Crippen LogP contribution in [0.3, 0.4) is 0 Å². The maximum atomic E-state index is 14.1.